The fourth-order valence-corrected chi connectivity index (χ4v) is 2.56. The summed E-state index contributed by atoms with van der Waals surface area (Å²) < 4.78 is 7.12. The summed E-state index contributed by atoms with van der Waals surface area (Å²) >= 11 is 0. The highest BCUT2D eigenvalue weighted by atomic mass is 16.5. The maximum atomic E-state index is 12.2. The van der Waals surface area contributed by atoms with E-state index in [0.717, 1.165) is 29.9 Å². The second-order valence-corrected chi connectivity index (χ2v) is 5.45. The van der Waals surface area contributed by atoms with Crippen molar-refractivity contribution in [3.8, 4) is 6.07 Å². The van der Waals surface area contributed by atoms with Crippen LogP contribution in [0.15, 0.2) is 0 Å². The molecule has 0 saturated carbocycles. The van der Waals surface area contributed by atoms with Crippen LogP contribution in [0.5, 0.6) is 0 Å². The number of fused-ring (bicyclic) bond motifs is 1. The van der Waals surface area contributed by atoms with E-state index >= 15 is 0 Å². The van der Waals surface area contributed by atoms with E-state index in [0.29, 0.717) is 19.7 Å². The number of hydrogen-bond acceptors (Lipinski definition) is 5. The number of nitrogens with zero attached hydrogens (tertiary/aromatic N) is 5. The molecule has 2 rings (SSSR count). The van der Waals surface area contributed by atoms with Gasteiger partial charge in [0.1, 0.15) is 6.61 Å². The first-order chi connectivity index (χ1) is 10.0. The fraction of sp³-hybridized carbons (Fsp3) is 0.643. The van der Waals surface area contributed by atoms with Gasteiger partial charge in [-0.25, -0.2) is 0 Å². The summed E-state index contributed by atoms with van der Waals surface area (Å²) in [5.74, 6) is 0.124. The Morgan fingerprint density at radius 2 is 2.29 bits per heavy atom. The average molecular weight is 291 g/mol. The maximum Gasteiger partial charge on any atom is 0.237 e. The van der Waals surface area contributed by atoms with E-state index < -0.39 is 0 Å². The van der Waals surface area contributed by atoms with Crippen LogP contribution in [-0.4, -0.2) is 59.3 Å². The minimum absolute atomic E-state index is 0.0502. The topological polar surface area (TPSA) is 74.4 Å². The van der Waals surface area contributed by atoms with Crippen molar-refractivity contribution < 1.29 is 9.53 Å². The Kier molecular flexibility index (Phi) is 4.94. The SMILES string of the molecule is CN(C)CC(=O)N1CCc2c(c(COCC#N)nn2C)C1. The van der Waals surface area contributed by atoms with Crippen LogP contribution in [0.3, 0.4) is 0 Å². The van der Waals surface area contributed by atoms with Crippen molar-refractivity contribution in [1.82, 2.24) is 19.6 Å². The summed E-state index contributed by atoms with van der Waals surface area (Å²) in [4.78, 5) is 15.9. The highest BCUT2D eigenvalue weighted by Gasteiger charge is 2.26. The Morgan fingerprint density at radius 3 is 2.95 bits per heavy atom. The zero-order valence-corrected chi connectivity index (χ0v) is 12.8. The highest BCUT2D eigenvalue weighted by molar-refractivity contribution is 5.78. The maximum absolute atomic E-state index is 12.2. The molecule has 0 bridgehead atoms. The lowest BCUT2D eigenvalue weighted by Gasteiger charge is -2.28. The number of carbonyl (C=O) groups is 1. The molecule has 0 aliphatic carbocycles. The summed E-state index contributed by atoms with van der Waals surface area (Å²) in [5.41, 5.74) is 3.04. The number of rotatable bonds is 5. The van der Waals surface area contributed by atoms with E-state index in [2.05, 4.69) is 5.10 Å². The molecule has 1 aliphatic rings. The zero-order chi connectivity index (χ0) is 15.4. The van der Waals surface area contributed by atoms with Crippen molar-refractivity contribution in [3.05, 3.63) is 17.0 Å². The molecule has 0 unspecified atom stereocenters. The summed E-state index contributed by atoms with van der Waals surface area (Å²) in [7, 11) is 5.68. The zero-order valence-electron chi connectivity index (χ0n) is 12.8. The first-order valence-corrected chi connectivity index (χ1v) is 6.93. The molecule has 1 aromatic heterocycles. The lowest BCUT2D eigenvalue weighted by atomic mass is 10.1. The molecule has 0 N–H and O–H groups in total. The second-order valence-electron chi connectivity index (χ2n) is 5.45. The van der Waals surface area contributed by atoms with Crippen LogP contribution < -0.4 is 0 Å². The molecular formula is C14H21N5O2. The number of carbonyl (C=O) groups excluding carboxylic acids is 1. The lowest BCUT2D eigenvalue weighted by Crippen LogP contribution is -2.41. The predicted octanol–water partition coefficient (Wildman–Crippen LogP) is -0.0934. The van der Waals surface area contributed by atoms with Crippen LogP contribution in [-0.2, 0) is 36.2 Å². The Labute approximate surface area is 124 Å². The monoisotopic (exact) mass is 291 g/mol. The summed E-state index contributed by atoms with van der Waals surface area (Å²) in [6, 6.07) is 1.95. The molecule has 0 fully saturated rings. The molecule has 0 aromatic carbocycles. The van der Waals surface area contributed by atoms with Crippen molar-refractivity contribution in [2.75, 3.05) is 33.8 Å². The highest BCUT2D eigenvalue weighted by Crippen LogP contribution is 2.22. The summed E-state index contributed by atoms with van der Waals surface area (Å²) in [6.07, 6.45) is 0.802. The molecule has 1 amide bonds. The molecule has 0 atom stereocenters. The number of aryl methyl sites for hydroxylation is 1. The molecule has 7 nitrogen and oxygen atoms in total. The van der Waals surface area contributed by atoms with Gasteiger partial charge < -0.3 is 14.5 Å². The second kappa shape index (κ2) is 6.70. The van der Waals surface area contributed by atoms with Crippen LogP contribution in [0.1, 0.15) is 17.0 Å². The molecule has 2 heterocycles. The van der Waals surface area contributed by atoms with E-state index in [-0.39, 0.29) is 12.5 Å². The Bertz CT molecular complexity index is 558. The molecule has 0 radical (unpaired) electrons. The molecule has 1 aromatic rings. The van der Waals surface area contributed by atoms with E-state index in [1.54, 1.807) is 0 Å². The lowest BCUT2D eigenvalue weighted by molar-refractivity contribution is -0.132. The van der Waals surface area contributed by atoms with Gasteiger partial charge in [-0.3, -0.25) is 9.48 Å². The average Bonchev–Trinajstić information content (AvgIpc) is 2.75. The van der Waals surface area contributed by atoms with Gasteiger partial charge in [-0.1, -0.05) is 0 Å². The first-order valence-electron chi connectivity index (χ1n) is 6.93. The third kappa shape index (κ3) is 3.60. The van der Waals surface area contributed by atoms with E-state index in [4.69, 9.17) is 10.00 Å². The van der Waals surface area contributed by atoms with Crippen LogP contribution in [0.2, 0.25) is 0 Å². The molecule has 7 heteroatoms. The quantitative estimate of drug-likeness (QED) is 0.709. The summed E-state index contributed by atoms with van der Waals surface area (Å²) in [5, 5.41) is 13.0. The Hall–Kier alpha value is -1.91. The predicted molar refractivity (Wildman–Crippen MR) is 76.2 cm³/mol. The number of likely N-dealkylation sites (N-methyl/N-ethyl adjacent to an activating group) is 1. The largest absolute Gasteiger partial charge is 0.360 e. The minimum atomic E-state index is 0.0502. The number of hydrogen-bond donors (Lipinski definition) is 0. The van der Waals surface area contributed by atoms with E-state index in [1.165, 1.54) is 0 Å². The third-order valence-corrected chi connectivity index (χ3v) is 3.54. The van der Waals surface area contributed by atoms with Crippen LogP contribution in [0.4, 0.5) is 0 Å². The molecular weight excluding hydrogens is 270 g/mol. The normalized spacial score (nSPS) is 14.1. The van der Waals surface area contributed by atoms with Gasteiger partial charge in [0.05, 0.1) is 24.9 Å². The van der Waals surface area contributed by atoms with Gasteiger partial charge in [-0.2, -0.15) is 10.4 Å². The number of aromatic nitrogens is 2. The van der Waals surface area contributed by atoms with Gasteiger partial charge >= 0.3 is 0 Å². The summed E-state index contributed by atoms with van der Waals surface area (Å²) in [6.45, 7) is 2.07. The van der Waals surface area contributed by atoms with E-state index in [9.17, 15) is 4.79 Å². The van der Waals surface area contributed by atoms with Gasteiger partial charge in [0.15, 0.2) is 0 Å². The number of amides is 1. The van der Waals surface area contributed by atoms with Crippen molar-refractivity contribution >= 4 is 5.91 Å². The number of nitriles is 1. The number of ether oxygens (including phenoxy) is 1. The standard InChI is InChI=1S/C14H21N5O2/c1-17(2)9-14(20)19-6-4-13-11(8-19)12(16-18(13)3)10-21-7-5-15/h4,6-10H2,1-3H3. The van der Waals surface area contributed by atoms with Gasteiger partial charge in [-0.05, 0) is 14.1 Å². The van der Waals surface area contributed by atoms with Gasteiger partial charge in [0.25, 0.3) is 0 Å². The van der Waals surface area contributed by atoms with Crippen LogP contribution in [0.25, 0.3) is 0 Å². The van der Waals surface area contributed by atoms with Crippen LogP contribution in [0, 0.1) is 11.3 Å². The van der Waals surface area contributed by atoms with E-state index in [1.807, 2.05) is 41.7 Å². The Morgan fingerprint density at radius 1 is 1.52 bits per heavy atom. The molecule has 0 saturated heterocycles. The van der Waals surface area contributed by atoms with Crippen LogP contribution >= 0.6 is 0 Å². The third-order valence-electron chi connectivity index (χ3n) is 3.54. The van der Waals surface area contributed by atoms with Gasteiger partial charge in [0.2, 0.25) is 5.91 Å². The molecule has 114 valence electrons. The smallest absolute Gasteiger partial charge is 0.237 e. The van der Waals surface area contributed by atoms with Crippen molar-refractivity contribution in [3.63, 3.8) is 0 Å². The molecule has 1 aliphatic heterocycles. The van der Waals surface area contributed by atoms with Crippen molar-refractivity contribution in [1.29, 1.82) is 5.26 Å². The molecule has 21 heavy (non-hydrogen) atoms. The first kappa shape index (κ1) is 15.5. The molecule has 0 spiro atoms. The van der Waals surface area contributed by atoms with Crippen molar-refractivity contribution in [2.45, 2.75) is 19.6 Å². The van der Waals surface area contributed by atoms with Crippen molar-refractivity contribution in [2.24, 2.45) is 7.05 Å². The van der Waals surface area contributed by atoms with Gasteiger partial charge in [0, 0.05) is 37.8 Å². The minimum Gasteiger partial charge on any atom is -0.360 e. The fourth-order valence-electron chi connectivity index (χ4n) is 2.56. The Balaban J connectivity index is 2.11. The van der Waals surface area contributed by atoms with Gasteiger partial charge in [-0.15, -0.1) is 0 Å².